The van der Waals surface area contributed by atoms with Crippen LogP contribution < -0.4 is 10.3 Å². The topological polar surface area (TPSA) is 62.3 Å². The molecule has 1 saturated carbocycles. The summed E-state index contributed by atoms with van der Waals surface area (Å²) in [6, 6.07) is 7.76. The van der Waals surface area contributed by atoms with E-state index in [9.17, 15) is 4.79 Å². The van der Waals surface area contributed by atoms with E-state index in [0.29, 0.717) is 30.8 Å². The Kier molecular flexibility index (Phi) is 7.52. The summed E-state index contributed by atoms with van der Waals surface area (Å²) in [6.07, 6.45) is 14.3. The Balaban J connectivity index is 1.71. The summed E-state index contributed by atoms with van der Waals surface area (Å²) in [5.41, 5.74) is 1.41. The number of hydrogen-bond donors (Lipinski definition) is 2. The maximum Gasteiger partial charge on any atom is 0.255 e. The van der Waals surface area contributed by atoms with E-state index in [2.05, 4.69) is 17.1 Å². The van der Waals surface area contributed by atoms with Crippen molar-refractivity contribution in [2.24, 2.45) is 5.92 Å². The molecule has 2 N–H and O–H groups in total. The van der Waals surface area contributed by atoms with Crippen molar-refractivity contribution in [3.8, 4) is 5.75 Å². The van der Waals surface area contributed by atoms with Gasteiger partial charge in [-0.05, 0) is 50.2 Å². The number of aromatic nitrogens is 1. The molecule has 2 aromatic rings. The Morgan fingerprint density at radius 2 is 1.96 bits per heavy atom. The van der Waals surface area contributed by atoms with Crippen molar-refractivity contribution < 1.29 is 9.84 Å². The third kappa shape index (κ3) is 5.46. The number of H-pyrrole nitrogens is 1. The van der Waals surface area contributed by atoms with Gasteiger partial charge in [0, 0.05) is 12.0 Å². The van der Waals surface area contributed by atoms with Gasteiger partial charge in [0.15, 0.2) is 0 Å². The number of unbranched alkanes of at least 4 members (excludes halogenated alkanes) is 1. The highest BCUT2D eigenvalue weighted by molar-refractivity contribution is 5.86. The number of para-hydroxylation sites is 1. The molecule has 1 aromatic carbocycles. The van der Waals surface area contributed by atoms with Gasteiger partial charge in [-0.2, -0.15) is 0 Å². The molecule has 27 heavy (non-hydrogen) atoms. The Hall–Kier alpha value is -2.07. The average molecular weight is 370 g/mol. The Morgan fingerprint density at radius 1 is 1.15 bits per heavy atom. The molecule has 1 fully saturated rings. The SMILES string of the molecule is O=c1[nH]c2ccccc2c(OCCCCO)c1C/C=C/CCC1CCCC1. The highest BCUT2D eigenvalue weighted by Gasteiger charge is 2.14. The number of ether oxygens (including phenoxy) is 1. The lowest BCUT2D eigenvalue weighted by molar-refractivity contribution is 0.253. The highest BCUT2D eigenvalue weighted by atomic mass is 16.5. The summed E-state index contributed by atoms with van der Waals surface area (Å²) in [7, 11) is 0. The lowest BCUT2D eigenvalue weighted by Crippen LogP contribution is -2.15. The maximum atomic E-state index is 12.6. The largest absolute Gasteiger partial charge is 0.492 e. The van der Waals surface area contributed by atoms with Gasteiger partial charge < -0.3 is 14.8 Å². The number of pyridine rings is 1. The van der Waals surface area contributed by atoms with Crippen LogP contribution in [0.25, 0.3) is 10.9 Å². The summed E-state index contributed by atoms with van der Waals surface area (Å²) in [4.78, 5) is 15.6. The molecule has 4 heteroatoms. The fourth-order valence-electron chi connectivity index (χ4n) is 3.94. The van der Waals surface area contributed by atoms with Crippen molar-refractivity contribution in [2.45, 2.75) is 57.8 Å². The number of aliphatic hydroxyl groups is 1. The Bertz CT molecular complexity index is 803. The minimum absolute atomic E-state index is 0.0775. The second-order valence-corrected chi connectivity index (χ2v) is 7.49. The van der Waals surface area contributed by atoms with Gasteiger partial charge in [-0.15, -0.1) is 0 Å². The number of hydrogen-bond acceptors (Lipinski definition) is 3. The van der Waals surface area contributed by atoms with Crippen molar-refractivity contribution in [2.75, 3.05) is 13.2 Å². The highest BCUT2D eigenvalue weighted by Crippen LogP contribution is 2.29. The number of nitrogens with one attached hydrogen (secondary N) is 1. The summed E-state index contributed by atoms with van der Waals surface area (Å²) in [5.74, 6) is 1.58. The molecule has 0 spiro atoms. The second kappa shape index (κ2) is 10.3. The van der Waals surface area contributed by atoms with E-state index in [0.717, 1.165) is 29.7 Å². The first-order chi connectivity index (χ1) is 13.3. The van der Waals surface area contributed by atoms with Gasteiger partial charge in [-0.1, -0.05) is 50.0 Å². The van der Waals surface area contributed by atoms with Crippen LogP contribution in [-0.4, -0.2) is 23.3 Å². The van der Waals surface area contributed by atoms with Gasteiger partial charge >= 0.3 is 0 Å². The molecular formula is C23H31NO3. The Labute approximate surface area is 161 Å². The van der Waals surface area contributed by atoms with Crippen molar-refractivity contribution in [3.63, 3.8) is 0 Å². The van der Waals surface area contributed by atoms with Crippen LogP contribution in [0.2, 0.25) is 0 Å². The molecule has 0 unspecified atom stereocenters. The summed E-state index contributed by atoms with van der Waals surface area (Å²) < 4.78 is 6.01. The molecule has 0 radical (unpaired) electrons. The number of aliphatic hydroxyl groups excluding tert-OH is 1. The molecule has 146 valence electrons. The molecule has 0 amide bonds. The van der Waals surface area contributed by atoms with E-state index in [1.54, 1.807) is 0 Å². The van der Waals surface area contributed by atoms with E-state index >= 15 is 0 Å². The smallest absolute Gasteiger partial charge is 0.255 e. The van der Waals surface area contributed by atoms with Crippen LogP contribution in [-0.2, 0) is 6.42 Å². The standard InChI is InChI=1S/C23H31NO3/c25-16-8-9-17-27-22-19-13-6-7-15-21(19)24-23(26)20(22)14-3-1-2-10-18-11-4-5-12-18/h1,3,6-7,13,15,18,25H,2,4-5,8-12,14,16-17H2,(H,24,26)/b3-1+. The van der Waals surface area contributed by atoms with Crippen molar-refractivity contribution >= 4 is 10.9 Å². The lowest BCUT2D eigenvalue weighted by Gasteiger charge is -2.13. The molecule has 4 nitrogen and oxygen atoms in total. The number of aromatic amines is 1. The van der Waals surface area contributed by atoms with Crippen LogP contribution in [0.5, 0.6) is 5.75 Å². The van der Waals surface area contributed by atoms with Crippen molar-refractivity contribution in [3.05, 3.63) is 52.3 Å². The van der Waals surface area contributed by atoms with Crippen LogP contribution in [0.1, 0.15) is 56.9 Å². The molecule has 1 aliphatic rings. The van der Waals surface area contributed by atoms with Crippen LogP contribution in [0.3, 0.4) is 0 Å². The average Bonchev–Trinajstić information content (AvgIpc) is 3.19. The summed E-state index contributed by atoms with van der Waals surface area (Å²) in [5, 5.41) is 9.90. The monoisotopic (exact) mass is 369 g/mol. The molecule has 3 rings (SSSR count). The summed E-state index contributed by atoms with van der Waals surface area (Å²) in [6.45, 7) is 0.669. The zero-order valence-electron chi connectivity index (χ0n) is 16.1. The minimum atomic E-state index is -0.0775. The van der Waals surface area contributed by atoms with Gasteiger partial charge in [0.1, 0.15) is 5.75 Å². The van der Waals surface area contributed by atoms with Gasteiger partial charge in [0.25, 0.3) is 5.56 Å². The fourth-order valence-corrected chi connectivity index (χ4v) is 3.94. The number of benzene rings is 1. The van der Waals surface area contributed by atoms with Crippen molar-refractivity contribution in [1.29, 1.82) is 0 Å². The van der Waals surface area contributed by atoms with Crippen LogP contribution in [0.15, 0.2) is 41.2 Å². The fraction of sp³-hybridized carbons (Fsp3) is 0.522. The molecule has 1 heterocycles. The van der Waals surface area contributed by atoms with Gasteiger partial charge in [0.05, 0.1) is 17.7 Å². The van der Waals surface area contributed by atoms with E-state index in [1.807, 2.05) is 24.3 Å². The summed E-state index contributed by atoms with van der Waals surface area (Å²) >= 11 is 0. The number of fused-ring (bicyclic) bond motifs is 1. The van der Waals surface area contributed by atoms with E-state index in [-0.39, 0.29) is 12.2 Å². The predicted molar refractivity (Wildman–Crippen MR) is 110 cm³/mol. The maximum absolute atomic E-state index is 12.6. The molecule has 1 aromatic heterocycles. The normalized spacial score (nSPS) is 15.1. The molecule has 0 bridgehead atoms. The molecule has 0 saturated heterocycles. The third-order valence-electron chi connectivity index (χ3n) is 5.47. The molecular weight excluding hydrogens is 338 g/mol. The van der Waals surface area contributed by atoms with E-state index in [4.69, 9.17) is 9.84 Å². The van der Waals surface area contributed by atoms with Gasteiger partial charge in [-0.25, -0.2) is 0 Å². The van der Waals surface area contributed by atoms with Crippen LogP contribution >= 0.6 is 0 Å². The number of rotatable bonds is 10. The van der Waals surface area contributed by atoms with Crippen molar-refractivity contribution in [1.82, 2.24) is 4.98 Å². The quantitative estimate of drug-likeness (QED) is 0.469. The molecule has 0 atom stereocenters. The zero-order valence-corrected chi connectivity index (χ0v) is 16.1. The first-order valence-electron chi connectivity index (χ1n) is 10.3. The first kappa shape index (κ1) is 19.7. The Morgan fingerprint density at radius 3 is 2.78 bits per heavy atom. The van der Waals surface area contributed by atoms with Gasteiger partial charge in [-0.3, -0.25) is 4.79 Å². The second-order valence-electron chi connectivity index (χ2n) is 7.49. The van der Waals surface area contributed by atoms with E-state index in [1.165, 1.54) is 32.1 Å². The predicted octanol–water partition coefficient (Wildman–Crippen LogP) is 4.75. The third-order valence-corrected chi connectivity index (χ3v) is 5.47. The zero-order chi connectivity index (χ0) is 18.9. The number of allylic oxidation sites excluding steroid dienone is 2. The first-order valence-corrected chi connectivity index (χ1v) is 10.3. The van der Waals surface area contributed by atoms with Crippen LogP contribution in [0.4, 0.5) is 0 Å². The van der Waals surface area contributed by atoms with Gasteiger partial charge in [0.2, 0.25) is 0 Å². The van der Waals surface area contributed by atoms with E-state index < -0.39 is 0 Å². The molecule has 0 aliphatic heterocycles. The molecule has 1 aliphatic carbocycles. The van der Waals surface area contributed by atoms with Crippen LogP contribution in [0, 0.1) is 5.92 Å². The lowest BCUT2D eigenvalue weighted by atomic mass is 10.0. The minimum Gasteiger partial charge on any atom is -0.492 e.